The van der Waals surface area contributed by atoms with Crippen LogP contribution in [0.3, 0.4) is 0 Å². The van der Waals surface area contributed by atoms with E-state index in [0.29, 0.717) is 11.3 Å². The Kier molecular flexibility index (Phi) is 4.73. The third kappa shape index (κ3) is 4.34. The van der Waals surface area contributed by atoms with Gasteiger partial charge in [-0.1, -0.05) is 0 Å². The van der Waals surface area contributed by atoms with Crippen LogP contribution in [0.5, 0.6) is 0 Å². The lowest BCUT2D eigenvalue weighted by Gasteiger charge is -2.12. The maximum Gasteiger partial charge on any atom is 0.255 e. The Morgan fingerprint density at radius 1 is 1.12 bits per heavy atom. The topological polar surface area (TPSA) is 91.4 Å². The Hall–Kier alpha value is -2.45. The summed E-state index contributed by atoms with van der Waals surface area (Å²) in [6, 6.07) is 9.48. The second-order valence-corrected chi connectivity index (χ2v) is 7.89. The van der Waals surface area contributed by atoms with Crippen LogP contribution in [0.4, 0.5) is 11.5 Å². The molecule has 0 bridgehead atoms. The van der Waals surface area contributed by atoms with Crippen molar-refractivity contribution in [2.75, 3.05) is 24.3 Å². The van der Waals surface area contributed by atoms with Crippen molar-refractivity contribution in [1.82, 2.24) is 9.71 Å². The van der Waals surface area contributed by atoms with Gasteiger partial charge in [0.25, 0.3) is 5.91 Å². The summed E-state index contributed by atoms with van der Waals surface area (Å²) in [6.07, 6.45) is 3.33. The molecule has 0 aliphatic heterocycles. The van der Waals surface area contributed by atoms with Gasteiger partial charge in [0.05, 0.1) is 16.8 Å². The number of nitrogens with zero attached hydrogens (tertiary/aromatic N) is 2. The zero-order valence-electron chi connectivity index (χ0n) is 14.1. The molecule has 2 N–H and O–H groups in total. The van der Waals surface area contributed by atoms with Crippen LogP contribution in [-0.4, -0.2) is 39.4 Å². The summed E-state index contributed by atoms with van der Waals surface area (Å²) in [7, 11) is 0.259. The van der Waals surface area contributed by atoms with Crippen LogP contribution in [0.15, 0.2) is 47.5 Å². The van der Waals surface area contributed by atoms with Gasteiger partial charge in [0, 0.05) is 25.7 Å². The molecular formula is C17H20N4O3S. The number of anilines is 2. The highest BCUT2D eigenvalue weighted by atomic mass is 32.2. The van der Waals surface area contributed by atoms with Gasteiger partial charge in [-0.3, -0.25) is 4.79 Å². The van der Waals surface area contributed by atoms with Gasteiger partial charge in [-0.25, -0.2) is 18.1 Å². The van der Waals surface area contributed by atoms with Gasteiger partial charge in [-0.2, -0.15) is 0 Å². The second-order valence-electron chi connectivity index (χ2n) is 6.17. The van der Waals surface area contributed by atoms with Crippen LogP contribution in [0.2, 0.25) is 0 Å². The van der Waals surface area contributed by atoms with E-state index < -0.39 is 10.0 Å². The minimum Gasteiger partial charge on any atom is -0.363 e. The Labute approximate surface area is 147 Å². The van der Waals surface area contributed by atoms with E-state index in [1.165, 1.54) is 24.3 Å². The molecule has 0 unspecified atom stereocenters. The minimum atomic E-state index is -3.51. The van der Waals surface area contributed by atoms with Crippen molar-refractivity contribution in [3.63, 3.8) is 0 Å². The number of hydrogen-bond acceptors (Lipinski definition) is 5. The summed E-state index contributed by atoms with van der Waals surface area (Å²) in [5.41, 5.74) is 0.949. The number of rotatable bonds is 6. The normalized spacial score (nSPS) is 14.2. The maximum absolute atomic E-state index is 12.3. The van der Waals surface area contributed by atoms with Gasteiger partial charge >= 0.3 is 0 Å². The summed E-state index contributed by atoms with van der Waals surface area (Å²) in [4.78, 5) is 18.5. The van der Waals surface area contributed by atoms with Crippen LogP contribution in [0.25, 0.3) is 0 Å². The van der Waals surface area contributed by atoms with E-state index in [1.807, 2.05) is 19.0 Å². The first-order valence-electron chi connectivity index (χ1n) is 7.92. The van der Waals surface area contributed by atoms with Gasteiger partial charge in [0.15, 0.2) is 0 Å². The van der Waals surface area contributed by atoms with E-state index in [0.717, 1.165) is 18.7 Å². The molecule has 1 aliphatic carbocycles. The molecule has 0 saturated heterocycles. The molecule has 8 heteroatoms. The van der Waals surface area contributed by atoms with E-state index in [4.69, 9.17) is 0 Å². The molecule has 1 amide bonds. The van der Waals surface area contributed by atoms with Crippen LogP contribution >= 0.6 is 0 Å². The molecule has 1 saturated carbocycles. The van der Waals surface area contributed by atoms with Gasteiger partial charge in [0.2, 0.25) is 10.0 Å². The van der Waals surface area contributed by atoms with Crippen molar-refractivity contribution >= 4 is 27.4 Å². The number of nitrogens with one attached hydrogen (secondary N) is 2. The van der Waals surface area contributed by atoms with E-state index in [-0.39, 0.29) is 16.8 Å². The largest absolute Gasteiger partial charge is 0.363 e. The van der Waals surface area contributed by atoms with Gasteiger partial charge < -0.3 is 10.2 Å². The van der Waals surface area contributed by atoms with Crippen molar-refractivity contribution < 1.29 is 13.2 Å². The van der Waals surface area contributed by atoms with Gasteiger partial charge in [0.1, 0.15) is 5.82 Å². The number of carbonyl (C=O) groups excluding carboxylic acids is 1. The number of aromatic nitrogens is 1. The lowest BCUT2D eigenvalue weighted by molar-refractivity contribution is 0.102. The summed E-state index contributed by atoms with van der Waals surface area (Å²) >= 11 is 0. The number of pyridine rings is 1. The fraction of sp³-hybridized carbons (Fsp3) is 0.294. The van der Waals surface area contributed by atoms with Crippen LogP contribution in [0, 0.1) is 0 Å². The molecule has 1 aromatic heterocycles. The molecule has 1 fully saturated rings. The minimum absolute atomic E-state index is 0.0469. The fourth-order valence-corrected chi connectivity index (χ4v) is 3.51. The zero-order valence-corrected chi connectivity index (χ0v) is 14.9. The maximum atomic E-state index is 12.3. The third-order valence-corrected chi connectivity index (χ3v) is 5.33. The van der Waals surface area contributed by atoms with Crippen molar-refractivity contribution in [1.29, 1.82) is 0 Å². The summed E-state index contributed by atoms with van der Waals surface area (Å²) < 4.78 is 26.8. The smallest absolute Gasteiger partial charge is 0.255 e. The Morgan fingerprint density at radius 3 is 2.32 bits per heavy atom. The van der Waals surface area contributed by atoms with Crippen LogP contribution in [0.1, 0.15) is 23.2 Å². The highest BCUT2D eigenvalue weighted by Crippen LogP contribution is 2.22. The summed E-state index contributed by atoms with van der Waals surface area (Å²) in [6.45, 7) is 0. The highest BCUT2D eigenvalue weighted by molar-refractivity contribution is 7.89. The second kappa shape index (κ2) is 6.81. The molecule has 1 aliphatic rings. The molecule has 3 rings (SSSR count). The summed E-state index contributed by atoms with van der Waals surface area (Å²) in [5, 5.41) is 2.74. The molecular weight excluding hydrogens is 340 g/mol. The van der Waals surface area contributed by atoms with Crippen molar-refractivity contribution in [3.05, 3.63) is 48.2 Å². The molecule has 25 heavy (non-hydrogen) atoms. The first-order valence-corrected chi connectivity index (χ1v) is 9.40. The predicted molar refractivity (Wildman–Crippen MR) is 96.3 cm³/mol. The number of benzene rings is 1. The van der Waals surface area contributed by atoms with Crippen molar-refractivity contribution in [3.8, 4) is 0 Å². The monoisotopic (exact) mass is 360 g/mol. The highest BCUT2D eigenvalue weighted by Gasteiger charge is 2.27. The molecule has 0 spiro atoms. The van der Waals surface area contributed by atoms with Gasteiger partial charge in [-0.15, -0.1) is 0 Å². The number of sulfonamides is 1. The Balaban J connectivity index is 1.68. The van der Waals surface area contributed by atoms with E-state index in [9.17, 15) is 13.2 Å². The van der Waals surface area contributed by atoms with Crippen molar-refractivity contribution in [2.24, 2.45) is 0 Å². The quantitative estimate of drug-likeness (QED) is 0.820. The molecule has 7 nitrogen and oxygen atoms in total. The molecule has 2 aromatic rings. The van der Waals surface area contributed by atoms with Crippen molar-refractivity contribution in [2.45, 2.75) is 23.8 Å². The molecule has 1 aromatic carbocycles. The first-order chi connectivity index (χ1) is 11.8. The first kappa shape index (κ1) is 17.4. The van der Waals surface area contributed by atoms with Gasteiger partial charge in [-0.05, 0) is 49.2 Å². The summed E-state index contributed by atoms with van der Waals surface area (Å²) in [5.74, 6) is 0.467. The number of hydrogen-bond donors (Lipinski definition) is 2. The molecule has 1 heterocycles. The Morgan fingerprint density at radius 2 is 1.80 bits per heavy atom. The average molecular weight is 360 g/mol. The van der Waals surface area contributed by atoms with Crippen LogP contribution in [-0.2, 0) is 10.0 Å². The molecule has 0 radical (unpaired) electrons. The third-order valence-electron chi connectivity index (χ3n) is 3.79. The van der Waals surface area contributed by atoms with Crippen LogP contribution < -0.4 is 14.9 Å². The average Bonchev–Trinajstić information content (AvgIpc) is 3.38. The standard InChI is InChI=1S/C17H20N4O3S/c1-21(2)16-10-7-14(11-18-16)19-17(22)12-3-8-15(9-4-12)25(23,24)20-13-5-6-13/h3-4,7-11,13,20H,5-6H2,1-2H3,(H,19,22). The fourth-order valence-electron chi connectivity index (χ4n) is 2.20. The Bertz CT molecular complexity index is 858. The number of amides is 1. The van der Waals surface area contributed by atoms with E-state index in [2.05, 4.69) is 15.0 Å². The molecule has 0 atom stereocenters. The van der Waals surface area contributed by atoms with E-state index in [1.54, 1.807) is 18.3 Å². The lowest BCUT2D eigenvalue weighted by atomic mass is 10.2. The SMILES string of the molecule is CN(C)c1ccc(NC(=O)c2ccc(S(=O)(=O)NC3CC3)cc2)cn1. The predicted octanol–water partition coefficient (Wildman–Crippen LogP) is 1.84. The van der Waals surface area contributed by atoms with E-state index >= 15 is 0 Å². The number of carbonyl (C=O) groups is 1. The molecule has 132 valence electrons. The zero-order chi connectivity index (χ0) is 18.0. The lowest BCUT2D eigenvalue weighted by Crippen LogP contribution is -2.25.